The van der Waals surface area contributed by atoms with Gasteiger partial charge in [-0.15, -0.1) is 10.2 Å². The van der Waals surface area contributed by atoms with Crippen LogP contribution in [0.25, 0.3) is 17.1 Å². The summed E-state index contributed by atoms with van der Waals surface area (Å²) in [6.45, 7) is -0.105. The van der Waals surface area contributed by atoms with Gasteiger partial charge in [0.1, 0.15) is 5.65 Å². The number of esters is 1. The summed E-state index contributed by atoms with van der Waals surface area (Å²) in [6.07, 6.45) is 3.42. The van der Waals surface area contributed by atoms with Crippen molar-refractivity contribution in [3.05, 3.63) is 72.5 Å². The van der Waals surface area contributed by atoms with Crippen LogP contribution in [0.15, 0.2) is 65.3 Å². The third kappa shape index (κ3) is 2.74. The van der Waals surface area contributed by atoms with E-state index < -0.39 is 5.97 Å². The van der Waals surface area contributed by atoms with Gasteiger partial charge in [-0.05, 0) is 24.3 Å². The lowest BCUT2D eigenvalue weighted by Gasteiger charge is -1.98. The average molecular weight is 320 g/mol. The summed E-state index contributed by atoms with van der Waals surface area (Å²) in [5, 5.41) is 7.83. The Morgan fingerprint density at radius 2 is 1.92 bits per heavy atom. The Morgan fingerprint density at radius 3 is 2.75 bits per heavy atom. The van der Waals surface area contributed by atoms with Crippen molar-refractivity contribution in [3.63, 3.8) is 0 Å². The Bertz CT molecular complexity index is 958. The summed E-state index contributed by atoms with van der Waals surface area (Å²) in [5.74, 6) is 0.0681. The molecular formula is C17H12N4O3. The number of hydrogen-bond donors (Lipinski definition) is 0. The van der Waals surface area contributed by atoms with Gasteiger partial charge in [-0.1, -0.05) is 24.3 Å². The van der Waals surface area contributed by atoms with Gasteiger partial charge in [0.15, 0.2) is 12.3 Å². The molecule has 0 fully saturated rings. The third-order valence-corrected chi connectivity index (χ3v) is 3.39. The van der Waals surface area contributed by atoms with Crippen molar-refractivity contribution in [2.45, 2.75) is 6.61 Å². The summed E-state index contributed by atoms with van der Waals surface area (Å²) in [5.41, 5.74) is 1.71. The second-order valence-electron chi connectivity index (χ2n) is 5.04. The van der Waals surface area contributed by atoms with Crippen LogP contribution in [0.5, 0.6) is 0 Å². The molecule has 0 aliphatic carbocycles. The number of imidazole rings is 1. The van der Waals surface area contributed by atoms with Crippen molar-refractivity contribution in [2.24, 2.45) is 0 Å². The van der Waals surface area contributed by atoms with Crippen LogP contribution in [0.4, 0.5) is 0 Å². The monoisotopic (exact) mass is 320 g/mol. The molecule has 0 atom stereocenters. The van der Waals surface area contributed by atoms with Gasteiger partial charge >= 0.3 is 5.97 Å². The molecule has 0 saturated heterocycles. The van der Waals surface area contributed by atoms with Gasteiger partial charge in [0.25, 0.3) is 5.89 Å². The Labute approximate surface area is 136 Å². The van der Waals surface area contributed by atoms with Crippen LogP contribution in [0.3, 0.4) is 0 Å². The molecule has 24 heavy (non-hydrogen) atoms. The van der Waals surface area contributed by atoms with Gasteiger partial charge in [-0.25, -0.2) is 9.78 Å². The summed E-state index contributed by atoms with van der Waals surface area (Å²) in [7, 11) is 0. The molecule has 0 N–H and O–H groups in total. The molecule has 0 aliphatic heterocycles. The molecule has 7 nitrogen and oxygen atoms in total. The van der Waals surface area contributed by atoms with Crippen LogP contribution in [0.1, 0.15) is 16.4 Å². The van der Waals surface area contributed by atoms with Crippen LogP contribution >= 0.6 is 0 Å². The molecule has 0 spiro atoms. The molecule has 118 valence electrons. The maximum atomic E-state index is 12.1. The van der Waals surface area contributed by atoms with E-state index in [1.165, 1.54) is 0 Å². The van der Waals surface area contributed by atoms with Crippen LogP contribution in [-0.4, -0.2) is 25.6 Å². The van der Waals surface area contributed by atoms with Gasteiger partial charge in [0.2, 0.25) is 5.89 Å². The maximum absolute atomic E-state index is 12.1. The number of pyridine rings is 1. The second-order valence-corrected chi connectivity index (χ2v) is 5.04. The fourth-order valence-corrected chi connectivity index (χ4v) is 2.24. The molecule has 3 aromatic heterocycles. The number of carbonyl (C=O) groups is 1. The van der Waals surface area contributed by atoms with Crippen molar-refractivity contribution in [1.29, 1.82) is 0 Å². The molecule has 0 amide bonds. The van der Waals surface area contributed by atoms with E-state index in [-0.39, 0.29) is 18.2 Å². The van der Waals surface area contributed by atoms with Crippen molar-refractivity contribution in [3.8, 4) is 11.5 Å². The topological polar surface area (TPSA) is 82.5 Å². The lowest BCUT2D eigenvalue weighted by Crippen LogP contribution is -2.05. The summed E-state index contributed by atoms with van der Waals surface area (Å²) in [6, 6.07) is 14.9. The van der Waals surface area contributed by atoms with Gasteiger partial charge in [-0.3, -0.25) is 0 Å². The fourth-order valence-electron chi connectivity index (χ4n) is 2.24. The molecule has 0 radical (unpaired) electrons. The Hall–Kier alpha value is -3.48. The van der Waals surface area contributed by atoms with Crippen molar-refractivity contribution < 1.29 is 13.9 Å². The minimum atomic E-state index is -0.543. The normalized spacial score (nSPS) is 10.8. The van der Waals surface area contributed by atoms with Crippen molar-refractivity contribution in [2.75, 3.05) is 0 Å². The van der Waals surface area contributed by atoms with E-state index in [1.54, 1.807) is 16.7 Å². The van der Waals surface area contributed by atoms with E-state index >= 15 is 0 Å². The number of fused-ring (bicyclic) bond motifs is 1. The Balaban J connectivity index is 1.45. The molecule has 1 aromatic carbocycles. The van der Waals surface area contributed by atoms with E-state index in [4.69, 9.17) is 9.15 Å². The molecule has 0 aliphatic rings. The van der Waals surface area contributed by atoms with Gasteiger partial charge in [-0.2, -0.15) is 0 Å². The lowest BCUT2D eigenvalue weighted by atomic mass is 10.2. The molecule has 7 heteroatoms. The first-order valence-electron chi connectivity index (χ1n) is 7.28. The van der Waals surface area contributed by atoms with E-state index in [2.05, 4.69) is 15.2 Å². The zero-order valence-electron chi connectivity index (χ0n) is 12.5. The molecular weight excluding hydrogens is 308 g/mol. The van der Waals surface area contributed by atoms with E-state index in [0.29, 0.717) is 11.5 Å². The Kier molecular flexibility index (Phi) is 3.51. The summed E-state index contributed by atoms with van der Waals surface area (Å²) < 4.78 is 12.4. The minimum Gasteiger partial charge on any atom is -0.451 e. The Morgan fingerprint density at radius 1 is 1.08 bits per heavy atom. The van der Waals surface area contributed by atoms with Crippen LogP contribution in [-0.2, 0) is 11.3 Å². The highest BCUT2D eigenvalue weighted by atomic mass is 16.5. The molecule has 0 bridgehead atoms. The lowest BCUT2D eigenvalue weighted by molar-refractivity contribution is 0.0432. The summed E-state index contributed by atoms with van der Waals surface area (Å²) >= 11 is 0. The molecule has 0 unspecified atom stereocenters. The minimum absolute atomic E-state index is 0.105. The molecule has 0 saturated carbocycles. The SMILES string of the molecule is O=C(OCc1nnc(-c2ccccc2)o1)c1cn2ccccc2n1. The number of aromatic nitrogens is 4. The van der Waals surface area contributed by atoms with Crippen LogP contribution in [0.2, 0.25) is 0 Å². The predicted molar refractivity (Wildman–Crippen MR) is 84.0 cm³/mol. The number of ether oxygens (including phenoxy) is 1. The van der Waals surface area contributed by atoms with Gasteiger partial charge in [0.05, 0.1) is 0 Å². The number of rotatable bonds is 4. The number of nitrogens with zero attached hydrogens (tertiary/aromatic N) is 4. The first-order chi connectivity index (χ1) is 11.8. The highest BCUT2D eigenvalue weighted by Gasteiger charge is 2.15. The van der Waals surface area contributed by atoms with Crippen molar-refractivity contribution in [1.82, 2.24) is 19.6 Å². The van der Waals surface area contributed by atoms with E-state index in [0.717, 1.165) is 5.56 Å². The number of benzene rings is 1. The predicted octanol–water partition coefficient (Wildman–Crippen LogP) is 2.74. The largest absolute Gasteiger partial charge is 0.451 e. The highest BCUT2D eigenvalue weighted by Crippen LogP contribution is 2.17. The molecule has 4 rings (SSSR count). The first kappa shape index (κ1) is 14.1. The third-order valence-electron chi connectivity index (χ3n) is 3.39. The smallest absolute Gasteiger partial charge is 0.359 e. The van der Waals surface area contributed by atoms with E-state index in [1.807, 2.05) is 48.7 Å². The number of hydrogen-bond acceptors (Lipinski definition) is 6. The second kappa shape index (κ2) is 5.96. The standard InChI is InChI=1S/C17H12N4O3/c22-17(13-10-21-9-5-4-8-14(21)18-13)23-11-15-19-20-16(24-15)12-6-2-1-3-7-12/h1-10H,11H2. The number of carbonyl (C=O) groups excluding carboxylic acids is 1. The summed E-state index contributed by atoms with van der Waals surface area (Å²) in [4.78, 5) is 16.3. The van der Waals surface area contributed by atoms with Gasteiger partial charge in [0, 0.05) is 18.0 Å². The zero-order chi connectivity index (χ0) is 16.4. The highest BCUT2D eigenvalue weighted by molar-refractivity contribution is 5.87. The van der Waals surface area contributed by atoms with Crippen LogP contribution in [0, 0.1) is 0 Å². The zero-order valence-corrected chi connectivity index (χ0v) is 12.5. The van der Waals surface area contributed by atoms with Gasteiger partial charge < -0.3 is 13.6 Å². The fraction of sp³-hybridized carbons (Fsp3) is 0.0588. The average Bonchev–Trinajstić information content (AvgIpc) is 3.27. The molecule has 4 aromatic rings. The molecule has 3 heterocycles. The van der Waals surface area contributed by atoms with E-state index in [9.17, 15) is 4.79 Å². The van der Waals surface area contributed by atoms with Crippen molar-refractivity contribution >= 4 is 11.6 Å². The first-order valence-corrected chi connectivity index (χ1v) is 7.28. The maximum Gasteiger partial charge on any atom is 0.359 e. The quantitative estimate of drug-likeness (QED) is 0.538. The van der Waals surface area contributed by atoms with Crippen LogP contribution < -0.4 is 0 Å².